The molecule has 1 aliphatic rings. The van der Waals surface area contributed by atoms with E-state index < -0.39 is 21.7 Å². The van der Waals surface area contributed by atoms with Crippen LogP contribution in [0.2, 0.25) is 0 Å². The molecule has 0 saturated carbocycles. The second kappa shape index (κ2) is 8.73. The van der Waals surface area contributed by atoms with E-state index >= 15 is 0 Å². The number of benzene rings is 2. The van der Waals surface area contributed by atoms with Crippen LogP contribution in [0.1, 0.15) is 41.6 Å². The van der Waals surface area contributed by atoms with Gasteiger partial charge in [-0.25, -0.2) is 4.39 Å². The van der Waals surface area contributed by atoms with Gasteiger partial charge in [0.05, 0.1) is 4.90 Å². The first-order valence-corrected chi connectivity index (χ1v) is 10.9. The number of hydrogen-bond donors (Lipinski definition) is 1. The van der Waals surface area contributed by atoms with Gasteiger partial charge in [0, 0.05) is 31.3 Å². The van der Waals surface area contributed by atoms with Gasteiger partial charge in [-0.05, 0) is 61.7 Å². The van der Waals surface area contributed by atoms with Gasteiger partial charge >= 0.3 is 0 Å². The summed E-state index contributed by atoms with van der Waals surface area (Å²) < 4.78 is 43.0. The first-order chi connectivity index (χ1) is 13.8. The Morgan fingerprint density at radius 3 is 2.69 bits per heavy atom. The topological polar surface area (TPSA) is 78.8 Å². The highest BCUT2D eigenvalue weighted by molar-refractivity contribution is 7.90. The highest BCUT2D eigenvalue weighted by Gasteiger charge is 2.19. The number of aryl methyl sites for hydroxylation is 1. The van der Waals surface area contributed by atoms with E-state index in [0.717, 1.165) is 25.8 Å². The molecular weight excluding hydrogens is 393 g/mol. The van der Waals surface area contributed by atoms with E-state index in [-0.39, 0.29) is 10.5 Å². The van der Waals surface area contributed by atoms with Crippen molar-refractivity contribution in [1.82, 2.24) is 4.90 Å². The van der Waals surface area contributed by atoms with Crippen molar-refractivity contribution in [1.29, 1.82) is 0 Å². The van der Waals surface area contributed by atoms with Crippen LogP contribution in [0.3, 0.4) is 0 Å². The minimum atomic E-state index is -3.90. The first-order valence-electron chi connectivity index (χ1n) is 9.49. The molecule has 29 heavy (non-hydrogen) atoms. The Hall–Kier alpha value is -2.74. The Bertz CT molecular complexity index is 1050. The number of anilines is 1. The van der Waals surface area contributed by atoms with Gasteiger partial charge in [0.25, 0.3) is 15.9 Å². The third kappa shape index (κ3) is 5.20. The predicted molar refractivity (Wildman–Crippen MR) is 111 cm³/mol. The van der Waals surface area contributed by atoms with Gasteiger partial charge in [-0.2, -0.15) is 8.42 Å². The number of nitrogens with one attached hydrogen (secondary N) is 1. The molecule has 0 spiro atoms. The fourth-order valence-electron chi connectivity index (χ4n) is 3.16. The second-order valence-corrected chi connectivity index (χ2v) is 8.76. The summed E-state index contributed by atoms with van der Waals surface area (Å²) in [7, 11) is -2.05. The highest BCUT2D eigenvalue weighted by Crippen LogP contribution is 2.21. The number of likely N-dealkylation sites (tertiary alicyclic amines) is 1. The van der Waals surface area contributed by atoms with Crippen molar-refractivity contribution in [3.63, 3.8) is 0 Å². The number of sulfonamides is 1. The Balaban J connectivity index is 1.82. The average molecular weight is 418 g/mol. The Morgan fingerprint density at radius 1 is 1.14 bits per heavy atom. The zero-order chi connectivity index (χ0) is 21.0. The Kier molecular flexibility index (Phi) is 6.32. The molecule has 0 atom stereocenters. The van der Waals surface area contributed by atoms with Crippen LogP contribution in [0.25, 0.3) is 0 Å². The van der Waals surface area contributed by atoms with Crippen molar-refractivity contribution in [2.24, 2.45) is 4.40 Å². The highest BCUT2D eigenvalue weighted by atomic mass is 32.2. The van der Waals surface area contributed by atoms with Crippen molar-refractivity contribution in [2.45, 2.75) is 37.5 Å². The maximum Gasteiger partial charge on any atom is 0.284 e. The van der Waals surface area contributed by atoms with E-state index in [2.05, 4.69) is 9.71 Å². The van der Waals surface area contributed by atoms with E-state index in [4.69, 9.17) is 0 Å². The number of hydrogen-bond acceptors (Lipinski definition) is 3. The van der Waals surface area contributed by atoms with Gasteiger partial charge < -0.3 is 10.2 Å². The molecule has 1 N–H and O–H groups in total. The van der Waals surface area contributed by atoms with E-state index in [1.165, 1.54) is 30.3 Å². The fraction of sp³-hybridized carbons (Fsp3) is 0.333. The lowest BCUT2D eigenvalue weighted by Crippen LogP contribution is -2.26. The molecule has 2 aromatic rings. The molecule has 8 heteroatoms. The normalized spacial score (nSPS) is 16.5. The summed E-state index contributed by atoms with van der Waals surface area (Å²) in [5.74, 6) is -0.284. The average Bonchev–Trinajstić information content (AvgIpc) is 2.88. The van der Waals surface area contributed by atoms with Crippen molar-refractivity contribution < 1.29 is 17.6 Å². The number of rotatable bonds is 4. The summed E-state index contributed by atoms with van der Waals surface area (Å²) >= 11 is 0. The molecule has 2 aromatic carbocycles. The molecule has 0 radical (unpaired) electrons. The summed E-state index contributed by atoms with van der Waals surface area (Å²) in [4.78, 5) is 14.3. The van der Waals surface area contributed by atoms with Crippen LogP contribution in [0.5, 0.6) is 0 Å². The number of halogens is 1. The number of nitrogens with zero attached hydrogens (tertiary/aromatic N) is 2. The maximum atomic E-state index is 13.4. The molecule has 1 amide bonds. The smallest absolute Gasteiger partial charge is 0.284 e. The zero-order valence-electron chi connectivity index (χ0n) is 16.5. The van der Waals surface area contributed by atoms with Crippen molar-refractivity contribution >= 4 is 27.5 Å². The fourth-order valence-corrected chi connectivity index (χ4v) is 4.30. The summed E-state index contributed by atoms with van der Waals surface area (Å²) in [5, 5.41) is 2.66. The second-order valence-electron chi connectivity index (χ2n) is 7.16. The minimum absolute atomic E-state index is 0.00994. The minimum Gasteiger partial charge on any atom is -0.362 e. The standard InChI is InChI=1S/C21H24FN3O3S/c1-15-13-16(10-11-19(15)22)21(26)23-17-7-6-8-18(14-17)29(27,28)24-20-9-4-3-5-12-25(20)2/h6-8,10-11,13-14H,3-5,9,12H2,1-2H3,(H,23,26). The molecule has 0 aliphatic carbocycles. The van der Waals surface area contributed by atoms with E-state index in [0.29, 0.717) is 23.5 Å². The first kappa shape index (κ1) is 21.0. The number of carbonyl (C=O) groups is 1. The lowest BCUT2D eigenvalue weighted by Gasteiger charge is -2.17. The molecule has 6 nitrogen and oxygen atoms in total. The lowest BCUT2D eigenvalue weighted by atomic mass is 10.1. The summed E-state index contributed by atoms with van der Waals surface area (Å²) in [6.07, 6.45) is 3.59. The molecule has 1 aliphatic heterocycles. The molecule has 1 heterocycles. The van der Waals surface area contributed by atoms with Crippen LogP contribution < -0.4 is 5.32 Å². The van der Waals surface area contributed by atoms with Gasteiger partial charge in [0.1, 0.15) is 11.7 Å². The summed E-state index contributed by atoms with van der Waals surface area (Å²) in [5.41, 5.74) is 0.974. The molecule has 0 aromatic heterocycles. The summed E-state index contributed by atoms with van der Waals surface area (Å²) in [6.45, 7) is 2.35. The van der Waals surface area contributed by atoms with Crippen LogP contribution in [0.15, 0.2) is 51.8 Å². The van der Waals surface area contributed by atoms with E-state index in [9.17, 15) is 17.6 Å². The van der Waals surface area contributed by atoms with Crippen LogP contribution >= 0.6 is 0 Å². The predicted octanol–water partition coefficient (Wildman–Crippen LogP) is 3.98. The SMILES string of the molecule is Cc1cc(C(=O)Nc2cccc(S(=O)(=O)N=C3CCCCCN3C)c2)ccc1F. The van der Waals surface area contributed by atoms with Crippen molar-refractivity contribution in [2.75, 3.05) is 18.9 Å². The van der Waals surface area contributed by atoms with Crippen LogP contribution in [-0.2, 0) is 10.0 Å². The third-order valence-corrected chi connectivity index (χ3v) is 6.17. The van der Waals surface area contributed by atoms with Gasteiger partial charge in [0.2, 0.25) is 0 Å². The van der Waals surface area contributed by atoms with Crippen LogP contribution in [0, 0.1) is 12.7 Å². The van der Waals surface area contributed by atoms with Gasteiger partial charge in [-0.3, -0.25) is 4.79 Å². The molecule has 1 saturated heterocycles. The van der Waals surface area contributed by atoms with Gasteiger partial charge in [0.15, 0.2) is 0 Å². The van der Waals surface area contributed by atoms with Crippen LogP contribution in [0.4, 0.5) is 10.1 Å². The third-order valence-electron chi connectivity index (χ3n) is 4.87. The largest absolute Gasteiger partial charge is 0.362 e. The number of amides is 1. The molecular formula is C21H24FN3O3S. The molecule has 3 rings (SSSR count). The van der Waals surface area contributed by atoms with Crippen molar-refractivity contribution in [3.05, 3.63) is 59.4 Å². The van der Waals surface area contributed by atoms with Crippen LogP contribution in [-0.4, -0.2) is 38.7 Å². The quantitative estimate of drug-likeness (QED) is 0.816. The van der Waals surface area contributed by atoms with Crippen molar-refractivity contribution in [3.8, 4) is 0 Å². The Morgan fingerprint density at radius 2 is 1.93 bits per heavy atom. The zero-order valence-corrected chi connectivity index (χ0v) is 17.3. The van der Waals surface area contributed by atoms with Gasteiger partial charge in [-0.15, -0.1) is 4.40 Å². The van der Waals surface area contributed by atoms with E-state index in [1.807, 2.05) is 11.9 Å². The Labute approximate surface area is 170 Å². The monoisotopic (exact) mass is 417 g/mol. The molecule has 1 fully saturated rings. The van der Waals surface area contributed by atoms with Gasteiger partial charge in [-0.1, -0.05) is 12.5 Å². The van der Waals surface area contributed by atoms with E-state index in [1.54, 1.807) is 19.1 Å². The molecule has 0 unspecified atom stereocenters. The maximum absolute atomic E-state index is 13.4. The molecule has 0 bridgehead atoms. The number of carbonyl (C=O) groups excluding carboxylic acids is 1. The molecule has 154 valence electrons. The number of amidine groups is 1. The summed E-state index contributed by atoms with van der Waals surface area (Å²) in [6, 6.07) is 10.0. The lowest BCUT2D eigenvalue weighted by molar-refractivity contribution is 0.102.